The zero-order valence-corrected chi connectivity index (χ0v) is 55.0. The van der Waals surface area contributed by atoms with E-state index in [4.69, 9.17) is 18.9 Å². The number of ether oxygens (including phenoxy) is 4. The molecule has 4 unspecified atom stereocenters. The van der Waals surface area contributed by atoms with Gasteiger partial charge in [0, 0.05) is 37.2 Å². The SMILES string of the molecule is CCC(C)C(=O)OCCC[N+](C)(C)C.CCC(C)C(=O)OCCC[N+](CCCS(=O)(=O)[O-])(C(C)C)C(C)C.CCC(C)C(=O)OCC[N+](C)(C)C.CCC(C)C(=O)OCC[N+](CCCS(=O)(=O)[O-])(C(C)C)C(C)C.[Cl-].[Cl-]. The Bertz CT molecular complexity index is 1740. The van der Waals surface area contributed by atoms with Crippen molar-refractivity contribution in [1.82, 2.24) is 0 Å². The molecule has 4 atom stereocenters. The minimum Gasteiger partial charge on any atom is -1.00 e. The van der Waals surface area contributed by atoms with Crippen LogP contribution in [0.4, 0.5) is 0 Å². The van der Waals surface area contributed by atoms with Crippen LogP contribution in [0.2, 0.25) is 0 Å². The van der Waals surface area contributed by atoms with Crippen LogP contribution in [0.25, 0.3) is 0 Å². The van der Waals surface area contributed by atoms with E-state index < -0.39 is 20.2 Å². The molecule has 0 aromatic rings. The molecule has 0 aliphatic carbocycles. The third-order valence-electron chi connectivity index (χ3n) is 14.0. The molecule has 0 saturated carbocycles. The van der Waals surface area contributed by atoms with Crippen molar-refractivity contribution in [2.45, 2.75) is 186 Å². The maximum absolute atomic E-state index is 11.8. The number of quaternary nitrogens is 4. The first-order valence-electron chi connectivity index (χ1n) is 27.5. The molecular formula is C54H114Cl2N4O14S2. The molecule has 18 nitrogen and oxygen atoms in total. The Morgan fingerprint density at radius 1 is 0.368 bits per heavy atom. The van der Waals surface area contributed by atoms with Crippen molar-refractivity contribution in [2.75, 3.05) is 119 Å². The number of esters is 4. The highest BCUT2D eigenvalue weighted by Gasteiger charge is 2.36. The molecule has 0 aliphatic rings. The van der Waals surface area contributed by atoms with Crippen molar-refractivity contribution < 1.29 is 107 Å². The van der Waals surface area contributed by atoms with E-state index in [1.165, 1.54) is 0 Å². The average molecular weight is 1180 g/mol. The van der Waals surface area contributed by atoms with Crippen molar-refractivity contribution >= 4 is 44.1 Å². The minimum atomic E-state index is -4.19. The maximum Gasteiger partial charge on any atom is 0.308 e. The summed E-state index contributed by atoms with van der Waals surface area (Å²) in [4.78, 5) is 46.0. The molecule has 76 heavy (non-hydrogen) atoms. The molecule has 0 radical (unpaired) electrons. The van der Waals surface area contributed by atoms with Gasteiger partial charge in [0.25, 0.3) is 0 Å². The third kappa shape index (κ3) is 43.0. The van der Waals surface area contributed by atoms with Gasteiger partial charge in [-0.15, -0.1) is 0 Å². The van der Waals surface area contributed by atoms with Gasteiger partial charge in [0.05, 0.1) is 150 Å². The van der Waals surface area contributed by atoms with Gasteiger partial charge in [-0.25, -0.2) is 16.8 Å². The molecule has 0 fully saturated rings. The predicted molar refractivity (Wildman–Crippen MR) is 296 cm³/mol. The topological polar surface area (TPSA) is 220 Å². The van der Waals surface area contributed by atoms with Gasteiger partial charge < -0.3 is 70.8 Å². The number of nitrogens with zero attached hydrogens (tertiary/aromatic N) is 4. The molecule has 0 aromatic carbocycles. The molecule has 0 spiro atoms. The van der Waals surface area contributed by atoms with E-state index in [9.17, 15) is 45.1 Å². The molecule has 460 valence electrons. The van der Waals surface area contributed by atoms with Crippen LogP contribution < -0.4 is 24.8 Å². The Hall–Kier alpha value is -1.88. The minimum absolute atomic E-state index is 0. The zero-order valence-electron chi connectivity index (χ0n) is 51.8. The second-order valence-electron chi connectivity index (χ2n) is 23.3. The molecule has 0 amide bonds. The van der Waals surface area contributed by atoms with Crippen molar-refractivity contribution in [3.8, 4) is 0 Å². The normalized spacial score (nSPS) is 13.7. The van der Waals surface area contributed by atoms with Crippen molar-refractivity contribution in [2.24, 2.45) is 23.7 Å². The van der Waals surface area contributed by atoms with E-state index in [0.717, 1.165) is 71.6 Å². The van der Waals surface area contributed by atoms with Gasteiger partial charge in [0.2, 0.25) is 0 Å². The Labute approximate surface area is 478 Å². The lowest BCUT2D eigenvalue weighted by Crippen LogP contribution is -3.00. The van der Waals surface area contributed by atoms with Crippen LogP contribution in [0.15, 0.2) is 0 Å². The fourth-order valence-corrected chi connectivity index (χ4v) is 8.73. The molecule has 0 N–H and O–H groups in total. The Morgan fingerprint density at radius 3 is 0.829 bits per heavy atom. The van der Waals surface area contributed by atoms with Gasteiger partial charge in [-0.3, -0.25) is 19.2 Å². The number of carbonyl (C=O) groups is 4. The van der Waals surface area contributed by atoms with Crippen molar-refractivity contribution in [3.63, 3.8) is 0 Å². The van der Waals surface area contributed by atoms with Gasteiger partial charge in [-0.05, 0) is 81.1 Å². The quantitative estimate of drug-likeness (QED) is 0.0294. The molecule has 0 saturated heterocycles. The number of rotatable bonds is 34. The predicted octanol–water partition coefficient (Wildman–Crippen LogP) is 1.64. The number of hydrogen-bond acceptors (Lipinski definition) is 14. The summed E-state index contributed by atoms with van der Waals surface area (Å²) in [5.41, 5.74) is 0. The summed E-state index contributed by atoms with van der Waals surface area (Å²) in [6.07, 6.45) is 5.55. The first-order valence-corrected chi connectivity index (χ1v) is 30.7. The molecule has 0 aromatic heterocycles. The first-order chi connectivity index (χ1) is 33.6. The summed E-state index contributed by atoms with van der Waals surface area (Å²) in [6, 6.07) is 1.08. The van der Waals surface area contributed by atoms with E-state index in [-0.39, 0.29) is 96.0 Å². The van der Waals surface area contributed by atoms with Crippen LogP contribution in [0.5, 0.6) is 0 Å². The van der Waals surface area contributed by atoms with Crippen molar-refractivity contribution in [1.29, 1.82) is 0 Å². The van der Waals surface area contributed by atoms with Crippen LogP contribution in [0.1, 0.15) is 162 Å². The lowest BCUT2D eigenvalue weighted by Gasteiger charge is -2.46. The second kappa shape index (κ2) is 42.9. The van der Waals surface area contributed by atoms with Gasteiger partial charge in [-0.2, -0.15) is 0 Å². The van der Waals surface area contributed by atoms with E-state index in [2.05, 4.69) is 97.7 Å². The molecule has 22 heteroatoms. The Balaban J connectivity index is -0.000000220. The largest absolute Gasteiger partial charge is 1.00 e. The molecule has 0 rings (SSSR count). The van der Waals surface area contributed by atoms with Gasteiger partial charge in [0.1, 0.15) is 26.3 Å². The van der Waals surface area contributed by atoms with Gasteiger partial charge in [-0.1, -0.05) is 55.4 Å². The van der Waals surface area contributed by atoms with Gasteiger partial charge in [0.15, 0.2) is 0 Å². The van der Waals surface area contributed by atoms with Crippen LogP contribution in [-0.4, -0.2) is 211 Å². The van der Waals surface area contributed by atoms with E-state index in [1.807, 2.05) is 55.4 Å². The highest BCUT2D eigenvalue weighted by molar-refractivity contribution is 7.85. The number of likely N-dealkylation sites (N-methyl/N-ethyl adjacent to an activating group) is 1. The highest BCUT2D eigenvalue weighted by atomic mass is 35.5. The number of halogens is 2. The van der Waals surface area contributed by atoms with Crippen LogP contribution in [0.3, 0.4) is 0 Å². The summed E-state index contributed by atoms with van der Waals surface area (Å²) >= 11 is 0. The summed E-state index contributed by atoms with van der Waals surface area (Å²) in [7, 11) is 4.28. The lowest BCUT2D eigenvalue weighted by molar-refractivity contribution is -0.966. The summed E-state index contributed by atoms with van der Waals surface area (Å²) < 4.78 is 89.1. The maximum atomic E-state index is 11.8. The molecule has 0 aliphatic heterocycles. The number of hydrogen-bond donors (Lipinski definition) is 0. The van der Waals surface area contributed by atoms with Gasteiger partial charge >= 0.3 is 23.9 Å². The van der Waals surface area contributed by atoms with E-state index in [1.54, 1.807) is 0 Å². The summed E-state index contributed by atoms with van der Waals surface area (Å²) in [5.74, 6) is -1.28. The smallest absolute Gasteiger partial charge is 0.308 e. The Kier molecular flexibility index (Phi) is 48.2. The standard InChI is InChI=1S/C17H35NO5S.C16H33NO5S.C11H24NO2.C10H22NO2.2ClH/c1-7-16(6)17(19)23-12-8-10-18(14(2)3,15(4)5)11-9-13-24(20,21)22;1-7-15(6)16(18)22-11-10-17(13(2)3,14(4)5)9-8-12-23(19,20)21;1-6-10(2)11(13)14-9-7-8-12(3,4)5;1-6-9(2)10(12)13-8-7-11(3,4)5;;/h14-16H,7-13H2,1-6H3;13-15H,7-12H2,1-6H3;10H,6-9H2,1-5H3;9H,6-8H2,1-5H3;2*1H/q;;2*+1;;/p-2. The Morgan fingerprint density at radius 2 is 0.592 bits per heavy atom. The first kappa shape index (κ1) is 85.4. The zero-order chi connectivity index (χ0) is 58.9. The van der Waals surface area contributed by atoms with E-state index >= 15 is 0 Å². The van der Waals surface area contributed by atoms with Crippen LogP contribution >= 0.6 is 0 Å². The fraction of sp³-hybridized carbons (Fsp3) is 0.926. The number of carbonyl (C=O) groups excluding carboxylic acids is 4. The molecule has 0 heterocycles. The third-order valence-corrected chi connectivity index (χ3v) is 15.6. The summed E-state index contributed by atoms with van der Waals surface area (Å²) in [6.45, 7) is 38.4. The highest BCUT2D eigenvalue weighted by Crippen LogP contribution is 2.23. The average Bonchev–Trinajstić information content (AvgIpc) is 3.27. The van der Waals surface area contributed by atoms with E-state index in [0.29, 0.717) is 75.5 Å². The lowest BCUT2D eigenvalue weighted by atomic mass is 10.1. The van der Waals surface area contributed by atoms with Crippen molar-refractivity contribution in [3.05, 3.63) is 0 Å². The molecule has 0 bridgehead atoms. The second-order valence-corrected chi connectivity index (χ2v) is 26.4. The summed E-state index contributed by atoms with van der Waals surface area (Å²) in [5, 5.41) is 0. The van der Waals surface area contributed by atoms with Crippen LogP contribution in [-0.2, 0) is 58.4 Å². The van der Waals surface area contributed by atoms with Crippen LogP contribution in [0, 0.1) is 23.7 Å². The molecular weight excluding hydrogens is 1060 g/mol. The fourth-order valence-electron chi connectivity index (χ4n) is 7.77. The monoisotopic (exact) mass is 1180 g/mol.